The number of amides is 3. The number of sulfonamides is 1. The molecule has 2 aromatic carbocycles. The summed E-state index contributed by atoms with van der Waals surface area (Å²) in [5.74, 6) is -0.623. The molecule has 2 aliphatic heterocycles. The van der Waals surface area contributed by atoms with Gasteiger partial charge in [-0.2, -0.15) is 4.72 Å². The Morgan fingerprint density at radius 1 is 1.05 bits per heavy atom. The van der Waals surface area contributed by atoms with E-state index in [-0.39, 0.29) is 41.6 Å². The van der Waals surface area contributed by atoms with Crippen LogP contribution in [-0.4, -0.2) is 73.7 Å². The van der Waals surface area contributed by atoms with Crippen LogP contribution in [0.15, 0.2) is 41.3 Å². The van der Waals surface area contributed by atoms with Gasteiger partial charge in [-0.1, -0.05) is 37.6 Å². The lowest BCUT2D eigenvalue weighted by Crippen LogP contribution is -2.55. The number of fused-ring (bicyclic) bond motifs is 1. The third-order valence-electron chi connectivity index (χ3n) is 7.88. The molecule has 3 amide bonds. The molecule has 2 aromatic rings. The molecule has 2 heterocycles. The first-order valence-corrected chi connectivity index (χ1v) is 15.5. The highest BCUT2D eigenvalue weighted by Crippen LogP contribution is 2.24. The van der Waals surface area contributed by atoms with Crippen LogP contribution in [0.25, 0.3) is 10.8 Å². The number of hydrogen-bond acceptors (Lipinski definition) is 5. The van der Waals surface area contributed by atoms with Gasteiger partial charge >= 0.3 is 0 Å². The molecule has 11 heteroatoms. The number of nitrogens with one attached hydrogen (secondary N) is 2. The standard InChI is InChI=1S/C28H37ClN4O5S/c1-4-19(5-2)26(34)30-23-7-6-13-32(17-23)27(35)18(3)33-14-12-25(28(33)36)31-39(37,38)24-11-9-20-15-22(29)10-8-21(20)16-24/h8-11,15-16,18-19,23,25,31H,4-7,12-14,17H2,1-3H3,(H,30,34)/t18-,23?,25-/m0/s1. The predicted molar refractivity (Wildman–Crippen MR) is 151 cm³/mol. The zero-order valence-corrected chi connectivity index (χ0v) is 24.2. The fourth-order valence-electron chi connectivity index (χ4n) is 5.48. The van der Waals surface area contributed by atoms with Gasteiger partial charge < -0.3 is 15.1 Å². The first-order valence-electron chi connectivity index (χ1n) is 13.6. The fraction of sp³-hybridized carbons (Fsp3) is 0.536. The van der Waals surface area contributed by atoms with Gasteiger partial charge in [-0.3, -0.25) is 14.4 Å². The summed E-state index contributed by atoms with van der Waals surface area (Å²) in [6, 6.07) is 8.11. The van der Waals surface area contributed by atoms with Crippen LogP contribution >= 0.6 is 11.6 Å². The quantitative estimate of drug-likeness (QED) is 0.475. The number of nitrogens with zero attached hydrogens (tertiary/aromatic N) is 2. The molecular weight excluding hydrogens is 540 g/mol. The van der Waals surface area contributed by atoms with Gasteiger partial charge in [0.1, 0.15) is 12.1 Å². The van der Waals surface area contributed by atoms with E-state index >= 15 is 0 Å². The smallest absolute Gasteiger partial charge is 0.245 e. The zero-order chi connectivity index (χ0) is 28.3. The highest BCUT2D eigenvalue weighted by Gasteiger charge is 2.40. The molecule has 4 rings (SSSR count). The van der Waals surface area contributed by atoms with Crippen LogP contribution in [0.3, 0.4) is 0 Å². The zero-order valence-electron chi connectivity index (χ0n) is 22.7. The molecule has 0 spiro atoms. The van der Waals surface area contributed by atoms with Gasteiger partial charge in [-0.15, -0.1) is 0 Å². The van der Waals surface area contributed by atoms with Gasteiger partial charge in [0.25, 0.3) is 0 Å². The van der Waals surface area contributed by atoms with E-state index in [2.05, 4.69) is 10.0 Å². The summed E-state index contributed by atoms with van der Waals surface area (Å²) >= 11 is 6.02. The van der Waals surface area contributed by atoms with Crippen LogP contribution in [-0.2, 0) is 24.4 Å². The summed E-state index contributed by atoms with van der Waals surface area (Å²) in [4.78, 5) is 42.3. The Labute approximate surface area is 235 Å². The van der Waals surface area contributed by atoms with Crippen LogP contribution in [0, 0.1) is 5.92 Å². The van der Waals surface area contributed by atoms with Crippen molar-refractivity contribution in [2.45, 2.75) is 75.9 Å². The van der Waals surface area contributed by atoms with Crippen LogP contribution in [0.1, 0.15) is 52.9 Å². The Morgan fingerprint density at radius 3 is 2.46 bits per heavy atom. The summed E-state index contributed by atoms with van der Waals surface area (Å²) in [6.07, 6.45) is 3.38. The fourth-order valence-corrected chi connectivity index (χ4v) is 6.92. The first kappa shape index (κ1) is 29.3. The molecule has 212 valence electrons. The van der Waals surface area contributed by atoms with E-state index in [4.69, 9.17) is 11.6 Å². The monoisotopic (exact) mass is 576 g/mol. The van der Waals surface area contributed by atoms with Gasteiger partial charge in [0.2, 0.25) is 27.7 Å². The second-order valence-corrected chi connectivity index (χ2v) is 12.6. The Kier molecular flexibility index (Phi) is 9.18. The van der Waals surface area contributed by atoms with Crippen LogP contribution in [0.4, 0.5) is 0 Å². The molecule has 0 aromatic heterocycles. The molecule has 2 aliphatic rings. The van der Waals surface area contributed by atoms with Crippen LogP contribution < -0.4 is 10.0 Å². The molecule has 2 N–H and O–H groups in total. The lowest BCUT2D eigenvalue weighted by molar-refractivity contribution is -0.144. The van der Waals surface area contributed by atoms with E-state index < -0.39 is 28.0 Å². The number of likely N-dealkylation sites (tertiary alicyclic amines) is 2. The number of carbonyl (C=O) groups excluding carboxylic acids is 3. The molecule has 9 nitrogen and oxygen atoms in total. The minimum absolute atomic E-state index is 0.0207. The highest BCUT2D eigenvalue weighted by molar-refractivity contribution is 7.89. The molecular formula is C28H37ClN4O5S. The van der Waals surface area contributed by atoms with E-state index in [1.54, 1.807) is 42.2 Å². The van der Waals surface area contributed by atoms with Crippen LogP contribution in [0.5, 0.6) is 0 Å². The summed E-state index contributed by atoms with van der Waals surface area (Å²) in [7, 11) is -3.96. The van der Waals surface area contributed by atoms with Gasteiger partial charge in [-0.05, 0) is 74.1 Å². The van der Waals surface area contributed by atoms with E-state index in [9.17, 15) is 22.8 Å². The molecule has 0 bridgehead atoms. The third-order valence-corrected chi connectivity index (χ3v) is 9.59. The van der Waals surface area contributed by atoms with Crippen molar-refractivity contribution in [2.24, 2.45) is 5.92 Å². The summed E-state index contributed by atoms with van der Waals surface area (Å²) < 4.78 is 28.7. The first-order chi connectivity index (χ1) is 18.5. The number of rotatable bonds is 9. The largest absolute Gasteiger partial charge is 0.351 e. The minimum atomic E-state index is -3.96. The van der Waals surface area contributed by atoms with Crippen molar-refractivity contribution in [3.05, 3.63) is 41.4 Å². The number of halogens is 1. The third kappa shape index (κ3) is 6.56. The van der Waals surface area contributed by atoms with Gasteiger partial charge in [0, 0.05) is 36.6 Å². The van der Waals surface area contributed by atoms with Crippen molar-refractivity contribution < 1.29 is 22.8 Å². The molecule has 39 heavy (non-hydrogen) atoms. The predicted octanol–water partition coefficient (Wildman–Crippen LogP) is 3.30. The average molecular weight is 577 g/mol. The summed E-state index contributed by atoms with van der Waals surface area (Å²) in [5, 5.41) is 5.18. The van der Waals surface area contributed by atoms with E-state index in [1.165, 1.54) is 11.0 Å². The van der Waals surface area contributed by atoms with Gasteiger partial charge in [0.05, 0.1) is 4.90 Å². The van der Waals surface area contributed by atoms with Crippen molar-refractivity contribution in [2.75, 3.05) is 19.6 Å². The Balaban J connectivity index is 1.38. The van der Waals surface area contributed by atoms with Crippen LogP contribution in [0.2, 0.25) is 5.02 Å². The second-order valence-electron chi connectivity index (χ2n) is 10.5. The maximum Gasteiger partial charge on any atom is 0.245 e. The minimum Gasteiger partial charge on any atom is -0.351 e. The maximum absolute atomic E-state index is 13.3. The second kappa shape index (κ2) is 12.2. The molecule has 0 saturated carbocycles. The maximum atomic E-state index is 13.3. The molecule has 1 unspecified atom stereocenters. The number of hydrogen-bond donors (Lipinski definition) is 2. The average Bonchev–Trinajstić information content (AvgIpc) is 3.27. The number of carbonyl (C=O) groups is 3. The van der Waals surface area contributed by atoms with E-state index in [0.717, 1.165) is 36.5 Å². The van der Waals surface area contributed by atoms with Crippen molar-refractivity contribution >= 4 is 50.1 Å². The Hall–Kier alpha value is -2.69. The van der Waals surface area contributed by atoms with Crippen molar-refractivity contribution in [3.63, 3.8) is 0 Å². The molecule has 3 atom stereocenters. The molecule has 0 radical (unpaired) electrons. The van der Waals surface area contributed by atoms with Crippen molar-refractivity contribution in [1.82, 2.24) is 19.8 Å². The number of piperidine rings is 1. The topological polar surface area (TPSA) is 116 Å². The van der Waals surface area contributed by atoms with Crippen molar-refractivity contribution in [3.8, 4) is 0 Å². The normalized spacial score (nSPS) is 21.0. The molecule has 2 saturated heterocycles. The summed E-state index contributed by atoms with van der Waals surface area (Å²) in [5.41, 5.74) is 0. The molecule has 0 aliphatic carbocycles. The number of benzene rings is 2. The van der Waals surface area contributed by atoms with Gasteiger partial charge in [-0.25, -0.2) is 8.42 Å². The Bertz CT molecular complexity index is 1350. The lowest BCUT2D eigenvalue weighted by atomic mass is 10.00. The van der Waals surface area contributed by atoms with E-state index in [0.29, 0.717) is 18.1 Å². The SMILES string of the molecule is CCC(CC)C(=O)NC1CCCN(C(=O)[C@H](C)N2CC[C@H](NS(=O)(=O)c3ccc4cc(Cl)ccc4c3)C2=O)C1. The van der Waals surface area contributed by atoms with Gasteiger partial charge in [0.15, 0.2) is 0 Å². The van der Waals surface area contributed by atoms with E-state index in [1.807, 2.05) is 13.8 Å². The Morgan fingerprint density at radius 2 is 1.74 bits per heavy atom. The molecule has 2 fully saturated rings. The highest BCUT2D eigenvalue weighted by atomic mass is 35.5. The van der Waals surface area contributed by atoms with Crippen molar-refractivity contribution in [1.29, 1.82) is 0 Å². The summed E-state index contributed by atoms with van der Waals surface area (Å²) in [6.45, 7) is 6.90. The lowest BCUT2D eigenvalue weighted by Gasteiger charge is -2.37.